The molecule has 0 amide bonds. The average Bonchev–Trinajstić information content (AvgIpc) is 2.62. The fourth-order valence-corrected chi connectivity index (χ4v) is 4.63. The molecule has 1 heterocycles. The number of halogens is 2. The molecule has 25 heavy (non-hydrogen) atoms. The summed E-state index contributed by atoms with van der Waals surface area (Å²) in [7, 11) is -3.50. The molecular formula is C18H20ClFN2O2S. The van der Waals surface area contributed by atoms with E-state index in [2.05, 4.69) is 4.90 Å². The number of hydrogen-bond donors (Lipinski definition) is 0. The Morgan fingerprint density at radius 2 is 1.68 bits per heavy atom. The summed E-state index contributed by atoms with van der Waals surface area (Å²) in [5.41, 5.74) is 1.08. The van der Waals surface area contributed by atoms with Gasteiger partial charge in [0.2, 0.25) is 10.0 Å². The second-order valence-electron chi connectivity index (χ2n) is 6.08. The number of rotatable bonds is 5. The first kappa shape index (κ1) is 18.3. The molecule has 0 saturated carbocycles. The van der Waals surface area contributed by atoms with Crippen molar-refractivity contribution in [2.75, 3.05) is 32.7 Å². The minimum absolute atomic E-state index is 0.233. The molecule has 4 nitrogen and oxygen atoms in total. The van der Waals surface area contributed by atoms with Gasteiger partial charge in [0.05, 0.1) is 4.90 Å². The maximum absolute atomic E-state index is 12.9. The van der Waals surface area contributed by atoms with Crippen LogP contribution in [0.1, 0.15) is 5.56 Å². The molecule has 1 aliphatic heterocycles. The van der Waals surface area contributed by atoms with Gasteiger partial charge in [0, 0.05) is 37.7 Å². The molecule has 0 aliphatic carbocycles. The van der Waals surface area contributed by atoms with Crippen LogP contribution in [0.25, 0.3) is 0 Å². The van der Waals surface area contributed by atoms with E-state index in [1.54, 1.807) is 30.3 Å². The third kappa shape index (κ3) is 4.58. The van der Waals surface area contributed by atoms with Gasteiger partial charge < -0.3 is 4.90 Å². The molecule has 2 aromatic rings. The van der Waals surface area contributed by atoms with Gasteiger partial charge in [-0.3, -0.25) is 0 Å². The van der Waals surface area contributed by atoms with Crippen molar-refractivity contribution in [3.8, 4) is 0 Å². The monoisotopic (exact) mass is 382 g/mol. The average molecular weight is 383 g/mol. The summed E-state index contributed by atoms with van der Waals surface area (Å²) >= 11 is 5.91. The fraction of sp³-hybridized carbons (Fsp3) is 0.333. The first-order valence-corrected chi connectivity index (χ1v) is 9.99. The zero-order chi connectivity index (χ0) is 17.9. The van der Waals surface area contributed by atoms with E-state index in [0.29, 0.717) is 31.2 Å². The second kappa shape index (κ2) is 7.83. The van der Waals surface area contributed by atoms with Crippen molar-refractivity contribution in [2.45, 2.75) is 11.3 Å². The highest BCUT2D eigenvalue weighted by Crippen LogP contribution is 2.21. The Kier molecular flexibility index (Phi) is 5.74. The lowest BCUT2D eigenvalue weighted by Crippen LogP contribution is -2.48. The predicted molar refractivity (Wildman–Crippen MR) is 96.8 cm³/mol. The van der Waals surface area contributed by atoms with Crippen molar-refractivity contribution in [1.29, 1.82) is 0 Å². The molecule has 1 saturated heterocycles. The highest BCUT2D eigenvalue weighted by molar-refractivity contribution is 7.89. The minimum Gasteiger partial charge on any atom is -0.300 e. The minimum atomic E-state index is -3.50. The van der Waals surface area contributed by atoms with Crippen LogP contribution in [0.2, 0.25) is 5.02 Å². The number of piperazine rings is 1. The van der Waals surface area contributed by atoms with Crippen molar-refractivity contribution >= 4 is 21.6 Å². The highest BCUT2D eigenvalue weighted by atomic mass is 35.5. The molecule has 0 aromatic heterocycles. The molecular weight excluding hydrogens is 363 g/mol. The standard InChI is InChI=1S/C18H20ClFN2O2S/c19-16-2-1-3-18(14-16)25(23,24)22-12-10-21(11-13-22)9-8-15-4-6-17(20)7-5-15/h1-7,14H,8-13H2. The first-order chi connectivity index (χ1) is 11.9. The smallest absolute Gasteiger partial charge is 0.243 e. The lowest BCUT2D eigenvalue weighted by molar-refractivity contribution is 0.190. The summed E-state index contributed by atoms with van der Waals surface area (Å²) in [4.78, 5) is 2.47. The maximum atomic E-state index is 12.9. The van der Waals surface area contributed by atoms with E-state index in [1.807, 2.05) is 0 Å². The van der Waals surface area contributed by atoms with Crippen molar-refractivity contribution in [2.24, 2.45) is 0 Å². The third-order valence-electron chi connectivity index (χ3n) is 4.40. The van der Waals surface area contributed by atoms with Gasteiger partial charge in [-0.25, -0.2) is 12.8 Å². The van der Waals surface area contributed by atoms with Crippen molar-refractivity contribution in [3.63, 3.8) is 0 Å². The van der Waals surface area contributed by atoms with Crippen LogP contribution in [-0.4, -0.2) is 50.3 Å². The van der Waals surface area contributed by atoms with Gasteiger partial charge in [-0.05, 0) is 42.3 Å². The van der Waals surface area contributed by atoms with Crippen LogP contribution < -0.4 is 0 Å². The number of sulfonamides is 1. The molecule has 2 aromatic carbocycles. The zero-order valence-electron chi connectivity index (χ0n) is 13.7. The van der Waals surface area contributed by atoms with E-state index in [4.69, 9.17) is 11.6 Å². The molecule has 0 radical (unpaired) electrons. The van der Waals surface area contributed by atoms with E-state index in [9.17, 15) is 12.8 Å². The fourth-order valence-electron chi connectivity index (χ4n) is 2.91. The molecule has 0 spiro atoms. The largest absolute Gasteiger partial charge is 0.300 e. The van der Waals surface area contributed by atoms with E-state index in [0.717, 1.165) is 18.5 Å². The maximum Gasteiger partial charge on any atom is 0.243 e. The van der Waals surface area contributed by atoms with E-state index < -0.39 is 10.0 Å². The molecule has 1 fully saturated rings. The van der Waals surface area contributed by atoms with Crippen LogP contribution in [0.15, 0.2) is 53.4 Å². The Labute approximate surface area is 152 Å². The van der Waals surface area contributed by atoms with E-state index in [-0.39, 0.29) is 10.7 Å². The molecule has 0 bridgehead atoms. The topological polar surface area (TPSA) is 40.6 Å². The van der Waals surface area contributed by atoms with Crippen molar-refractivity contribution in [1.82, 2.24) is 9.21 Å². The molecule has 0 N–H and O–H groups in total. The van der Waals surface area contributed by atoms with Gasteiger partial charge in [0.1, 0.15) is 5.82 Å². The van der Waals surface area contributed by atoms with Gasteiger partial charge in [-0.15, -0.1) is 0 Å². The van der Waals surface area contributed by atoms with Gasteiger partial charge in [0.25, 0.3) is 0 Å². The summed E-state index contributed by atoms with van der Waals surface area (Å²) in [6, 6.07) is 12.9. The lowest BCUT2D eigenvalue weighted by Gasteiger charge is -2.34. The van der Waals surface area contributed by atoms with Gasteiger partial charge in [-0.2, -0.15) is 4.31 Å². The van der Waals surface area contributed by atoms with Gasteiger partial charge >= 0.3 is 0 Å². The SMILES string of the molecule is O=S(=O)(c1cccc(Cl)c1)N1CCN(CCc2ccc(F)cc2)CC1. The van der Waals surface area contributed by atoms with Crippen LogP contribution in [-0.2, 0) is 16.4 Å². The molecule has 1 aliphatic rings. The third-order valence-corrected chi connectivity index (χ3v) is 6.52. The number of nitrogens with zero attached hydrogens (tertiary/aromatic N) is 2. The molecule has 3 rings (SSSR count). The Bertz CT molecular complexity index is 819. The zero-order valence-corrected chi connectivity index (χ0v) is 15.3. The van der Waals surface area contributed by atoms with Crippen LogP contribution in [0.5, 0.6) is 0 Å². The Hall–Kier alpha value is -1.47. The summed E-state index contributed by atoms with van der Waals surface area (Å²) < 4.78 is 39.8. The summed E-state index contributed by atoms with van der Waals surface area (Å²) in [6.07, 6.45) is 0.821. The second-order valence-corrected chi connectivity index (χ2v) is 8.45. The van der Waals surface area contributed by atoms with E-state index >= 15 is 0 Å². The van der Waals surface area contributed by atoms with Crippen LogP contribution in [0.4, 0.5) is 4.39 Å². The molecule has 0 unspecified atom stereocenters. The van der Waals surface area contributed by atoms with Crippen LogP contribution >= 0.6 is 11.6 Å². The summed E-state index contributed by atoms with van der Waals surface area (Å²) in [5, 5.41) is 0.416. The molecule has 0 atom stereocenters. The number of hydrogen-bond acceptors (Lipinski definition) is 3. The Morgan fingerprint density at radius 1 is 1.00 bits per heavy atom. The summed E-state index contributed by atoms with van der Waals surface area (Å²) in [5.74, 6) is -0.233. The van der Waals surface area contributed by atoms with Crippen LogP contribution in [0, 0.1) is 5.82 Å². The Balaban J connectivity index is 1.55. The lowest BCUT2D eigenvalue weighted by atomic mass is 10.1. The van der Waals surface area contributed by atoms with Crippen molar-refractivity contribution < 1.29 is 12.8 Å². The van der Waals surface area contributed by atoms with Crippen LogP contribution in [0.3, 0.4) is 0 Å². The summed E-state index contributed by atoms with van der Waals surface area (Å²) in [6.45, 7) is 3.11. The quantitative estimate of drug-likeness (QED) is 0.798. The van der Waals surface area contributed by atoms with E-state index in [1.165, 1.54) is 22.5 Å². The molecule has 134 valence electrons. The van der Waals surface area contributed by atoms with Crippen molar-refractivity contribution in [3.05, 3.63) is 64.9 Å². The van der Waals surface area contributed by atoms with Gasteiger partial charge in [-0.1, -0.05) is 29.8 Å². The van der Waals surface area contributed by atoms with Gasteiger partial charge in [0.15, 0.2) is 0 Å². The molecule has 7 heteroatoms. The normalized spacial score (nSPS) is 16.9. The first-order valence-electron chi connectivity index (χ1n) is 8.18. The highest BCUT2D eigenvalue weighted by Gasteiger charge is 2.28. The predicted octanol–water partition coefficient (Wildman–Crippen LogP) is 3.03. The number of benzene rings is 2. The Morgan fingerprint density at radius 3 is 2.32 bits per heavy atom.